The molecule has 2 aromatic rings. The van der Waals surface area contributed by atoms with Crippen LogP contribution >= 0.6 is 15.9 Å². The number of hydrogen-bond acceptors (Lipinski definition) is 3. The Morgan fingerprint density at radius 1 is 1.29 bits per heavy atom. The molecule has 17 heavy (non-hydrogen) atoms. The van der Waals surface area contributed by atoms with Crippen molar-refractivity contribution >= 4 is 15.9 Å². The highest BCUT2D eigenvalue weighted by Crippen LogP contribution is 2.12. The van der Waals surface area contributed by atoms with Crippen molar-refractivity contribution in [3.8, 4) is 0 Å². The molecule has 90 valence electrons. The van der Waals surface area contributed by atoms with E-state index in [1.165, 1.54) is 5.56 Å². The van der Waals surface area contributed by atoms with Gasteiger partial charge in [0.05, 0.1) is 5.69 Å². The number of nitrogens with two attached hydrogens (primary N) is 1. The summed E-state index contributed by atoms with van der Waals surface area (Å²) in [5, 5.41) is 7.93. The Morgan fingerprint density at radius 3 is 2.59 bits per heavy atom. The second kappa shape index (κ2) is 5.42. The Morgan fingerprint density at radius 2 is 2.00 bits per heavy atom. The largest absolute Gasteiger partial charge is 0.327 e. The molecule has 1 heterocycles. The summed E-state index contributed by atoms with van der Waals surface area (Å²) in [5.74, 6) is 0. The van der Waals surface area contributed by atoms with Gasteiger partial charge < -0.3 is 5.73 Å². The maximum atomic E-state index is 6.10. The van der Waals surface area contributed by atoms with E-state index in [0.29, 0.717) is 0 Å². The van der Waals surface area contributed by atoms with E-state index in [9.17, 15) is 0 Å². The maximum absolute atomic E-state index is 6.10. The van der Waals surface area contributed by atoms with Crippen molar-refractivity contribution in [3.63, 3.8) is 0 Å². The molecule has 0 bridgehead atoms. The molecule has 4 nitrogen and oxygen atoms in total. The summed E-state index contributed by atoms with van der Waals surface area (Å²) in [6.07, 6.45) is 3.51. The van der Waals surface area contributed by atoms with E-state index in [1.54, 1.807) is 4.68 Å². The quantitative estimate of drug-likeness (QED) is 0.934. The fourth-order valence-electron chi connectivity index (χ4n) is 1.75. The van der Waals surface area contributed by atoms with Crippen molar-refractivity contribution in [2.75, 3.05) is 0 Å². The topological polar surface area (TPSA) is 56.7 Å². The van der Waals surface area contributed by atoms with E-state index in [2.05, 4.69) is 38.4 Å². The SMILES string of the molecule is Cn1cc(CC(N)Cc2ccc(Br)cc2)nn1. The summed E-state index contributed by atoms with van der Waals surface area (Å²) in [4.78, 5) is 0. The van der Waals surface area contributed by atoms with Crippen LogP contribution in [0.25, 0.3) is 0 Å². The van der Waals surface area contributed by atoms with Crippen LogP contribution in [0.2, 0.25) is 0 Å². The number of nitrogens with zero attached hydrogens (tertiary/aromatic N) is 3. The third-order valence-electron chi connectivity index (χ3n) is 2.53. The van der Waals surface area contributed by atoms with Crippen LogP contribution in [0, 0.1) is 0 Å². The normalized spacial score (nSPS) is 12.6. The fourth-order valence-corrected chi connectivity index (χ4v) is 2.02. The van der Waals surface area contributed by atoms with Gasteiger partial charge in [-0.3, -0.25) is 4.68 Å². The lowest BCUT2D eigenvalue weighted by atomic mass is 10.0. The molecule has 0 saturated heterocycles. The molecular formula is C12H15BrN4. The van der Waals surface area contributed by atoms with Gasteiger partial charge in [-0.2, -0.15) is 0 Å². The summed E-state index contributed by atoms with van der Waals surface area (Å²) in [5.41, 5.74) is 8.28. The molecule has 0 fully saturated rings. The van der Waals surface area contributed by atoms with Gasteiger partial charge in [-0.15, -0.1) is 5.10 Å². The Bertz CT molecular complexity index is 478. The highest BCUT2D eigenvalue weighted by molar-refractivity contribution is 9.10. The van der Waals surface area contributed by atoms with Crippen LogP contribution in [0.1, 0.15) is 11.3 Å². The summed E-state index contributed by atoms with van der Waals surface area (Å²) < 4.78 is 2.78. The molecule has 0 aliphatic carbocycles. The highest BCUT2D eigenvalue weighted by atomic mass is 79.9. The zero-order valence-electron chi connectivity index (χ0n) is 9.68. The monoisotopic (exact) mass is 294 g/mol. The van der Waals surface area contributed by atoms with Crippen LogP contribution in [-0.2, 0) is 19.9 Å². The van der Waals surface area contributed by atoms with Crippen LogP contribution in [0.5, 0.6) is 0 Å². The first-order valence-corrected chi connectivity index (χ1v) is 6.28. The molecule has 0 spiro atoms. The molecule has 1 aromatic heterocycles. The zero-order valence-corrected chi connectivity index (χ0v) is 11.3. The lowest BCUT2D eigenvalue weighted by Crippen LogP contribution is -2.25. The van der Waals surface area contributed by atoms with Crippen molar-refractivity contribution < 1.29 is 0 Å². The van der Waals surface area contributed by atoms with Gasteiger partial charge in [0.25, 0.3) is 0 Å². The summed E-state index contributed by atoms with van der Waals surface area (Å²) >= 11 is 3.42. The molecule has 1 unspecified atom stereocenters. The number of aromatic nitrogens is 3. The standard InChI is InChI=1S/C12H15BrN4/c1-17-8-12(15-16-17)7-11(14)6-9-2-4-10(13)5-3-9/h2-5,8,11H,6-7,14H2,1H3. The van der Waals surface area contributed by atoms with Crippen molar-refractivity contribution in [1.29, 1.82) is 0 Å². The van der Waals surface area contributed by atoms with Crippen LogP contribution in [0.15, 0.2) is 34.9 Å². The van der Waals surface area contributed by atoms with Gasteiger partial charge in [-0.05, 0) is 24.1 Å². The van der Waals surface area contributed by atoms with Crippen LogP contribution in [0.4, 0.5) is 0 Å². The average molecular weight is 295 g/mol. The van der Waals surface area contributed by atoms with Gasteiger partial charge in [-0.1, -0.05) is 33.3 Å². The third kappa shape index (κ3) is 3.64. The minimum absolute atomic E-state index is 0.0767. The van der Waals surface area contributed by atoms with Gasteiger partial charge in [0.2, 0.25) is 0 Å². The van der Waals surface area contributed by atoms with Crippen molar-refractivity contribution in [1.82, 2.24) is 15.0 Å². The summed E-state index contributed by atoms with van der Waals surface area (Å²) in [7, 11) is 1.86. The van der Waals surface area contributed by atoms with Crippen molar-refractivity contribution in [2.24, 2.45) is 12.8 Å². The first-order chi connectivity index (χ1) is 8.13. The molecule has 0 aliphatic heterocycles. The van der Waals surface area contributed by atoms with Gasteiger partial charge in [0.15, 0.2) is 0 Å². The predicted octanol–water partition coefficient (Wildman–Crippen LogP) is 1.69. The molecule has 0 amide bonds. The van der Waals surface area contributed by atoms with Crippen molar-refractivity contribution in [2.45, 2.75) is 18.9 Å². The van der Waals surface area contributed by atoms with E-state index in [1.807, 2.05) is 25.4 Å². The fraction of sp³-hybridized carbons (Fsp3) is 0.333. The second-order valence-electron chi connectivity index (χ2n) is 4.18. The summed E-state index contributed by atoms with van der Waals surface area (Å²) in [6, 6.07) is 8.31. The molecule has 2 N–H and O–H groups in total. The zero-order chi connectivity index (χ0) is 12.3. The van der Waals surface area contributed by atoms with Crippen LogP contribution < -0.4 is 5.73 Å². The number of benzene rings is 1. The number of hydrogen-bond donors (Lipinski definition) is 1. The molecule has 0 aliphatic rings. The Labute approximate surface area is 109 Å². The van der Waals surface area contributed by atoms with Crippen LogP contribution in [0.3, 0.4) is 0 Å². The smallest absolute Gasteiger partial charge is 0.0842 e. The molecule has 1 aromatic carbocycles. The maximum Gasteiger partial charge on any atom is 0.0842 e. The number of aryl methyl sites for hydroxylation is 1. The van der Waals surface area contributed by atoms with Gasteiger partial charge in [0.1, 0.15) is 0 Å². The van der Waals surface area contributed by atoms with E-state index < -0.39 is 0 Å². The van der Waals surface area contributed by atoms with Gasteiger partial charge in [-0.25, -0.2) is 0 Å². The molecule has 2 rings (SSSR count). The first-order valence-electron chi connectivity index (χ1n) is 5.48. The van der Waals surface area contributed by atoms with Crippen molar-refractivity contribution in [3.05, 3.63) is 46.2 Å². The minimum Gasteiger partial charge on any atom is -0.327 e. The lowest BCUT2D eigenvalue weighted by molar-refractivity contribution is 0.651. The Balaban J connectivity index is 1.93. The molecule has 5 heteroatoms. The van der Waals surface area contributed by atoms with E-state index in [4.69, 9.17) is 5.73 Å². The Kier molecular flexibility index (Phi) is 3.91. The Hall–Kier alpha value is -1.20. The number of rotatable bonds is 4. The third-order valence-corrected chi connectivity index (χ3v) is 3.06. The predicted molar refractivity (Wildman–Crippen MR) is 70.5 cm³/mol. The summed E-state index contributed by atoms with van der Waals surface area (Å²) in [6.45, 7) is 0. The van der Waals surface area contributed by atoms with E-state index in [-0.39, 0.29) is 6.04 Å². The highest BCUT2D eigenvalue weighted by Gasteiger charge is 2.08. The number of halogens is 1. The van der Waals surface area contributed by atoms with E-state index >= 15 is 0 Å². The van der Waals surface area contributed by atoms with Gasteiger partial charge in [0, 0.05) is 30.2 Å². The lowest BCUT2D eigenvalue weighted by Gasteiger charge is -2.09. The van der Waals surface area contributed by atoms with Crippen LogP contribution in [-0.4, -0.2) is 21.0 Å². The average Bonchev–Trinajstić information content (AvgIpc) is 2.67. The van der Waals surface area contributed by atoms with Gasteiger partial charge >= 0.3 is 0 Å². The molecular weight excluding hydrogens is 280 g/mol. The molecule has 1 atom stereocenters. The minimum atomic E-state index is 0.0767. The molecule has 0 saturated carbocycles. The molecule has 0 radical (unpaired) electrons. The van der Waals surface area contributed by atoms with E-state index in [0.717, 1.165) is 23.0 Å². The first kappa shape index (κ1) is 12.3. The second-order valence-corrected chi connectivity index (χ2v) is 5.09.